The van der Waals surface area contributed by atoms with Crippen LogP contribution in [0.1, 0.15) is 86.6 Å². The van der Waals surface area contributed by atoms with Gasteiger partial charge in [-0.25, -0.2) is 18.6 Å². The van der Waals surface area contributed by atoms with Crippen LogP contribution in [0.15, 0.2) is 40.3 Å². The van der Waals surface area contributed by atoms with Gasteiger partial charge in [-0.3, -0.25) is 14.6 Å². The van der Waals surface area contributed by atoms with Gasteiger partial charge in [-0.2, -0.15) is 0 Å². The Morgan fingerprint density at radius 1 is 1.15 bits per heavy atom. The first-order valence-electron chi connectivity index (χ1n) is 16.1. The molecule has 5 aliphatic heterocycles. The van der Waals surface area contributed by atoms with Gasteiger partial charge in [0, 0.05) is 36.3 Å². The summed E-state index contributed by atoms with van der Waals surface area (Å²) in [4.78, 5) is 49.3. The summed E-state index contributed by atoms with van der Waals surface area (Å²) in [6.07, 6.45) is -1.44. The number of rotatable bonds is 4. The number of halogens is 2. The molecule has 5 heterocycles. The molecule has 1 aromatic rings. The normalized spacial score (nSPS) is 45.3. The lowest BCUT2D eigenvalue weighted by Gasteiger charge is -2.45. The lowest BCUT2D eigenvalue weighted by Crippen LogP contribution is -2.58. The van der Waals surface area contributed by atoms with Crippen molar-refractivity contribution in [3.05, 3.63) is 35.9 Å². The first-order chi connectivity index (χ1) is 21.3. The molecule has 11 heteroatoms. The molecule has 0 saturated carbocycles. The zero-order valence-electron chi connectivity index (χ0n) is 28.0. The third-order valence-corrected chi connectivity index (χ3v) is 11.7. The van der Waals surface area contributed by atoms with Gasteiger partial charge >= 0.3 is 5.97 Å². The zero-order valence-corrected chi connectivity index (χ0v) is 28.0. The average molecular weight is 645 g/mol. The van der Waals surface area contributed by atoms with Gasteiger partial charge in [-0.1, -0.05) is 58.0 Å². The van der Waals surface area contributed by atoms with Crippen LogP contribution in [-0.2, 0) is 35.2 Å². The Kier molecular flexibility index (Phi) is 8.51. The maximum absolute atomic E-state index is 16.6. The minimum absolute atomic E-state index is 0.0600. The number of epoxide rings is 1. The third kappa shape index (κ3) is 4.99. The van der Waals surface area contributed by atoms with Crippen molar-refractivity contribution in [1.29, 1.82) is 0 Å². The molecule has 9 nitrogen and oxygen atoms in total. The Hall–Kier alpha value is -2.89. The Balaban J connectivity index is 1.78. The molecule has 1 N–H and O–H groups in total. The van der Waals surface area contributed by atoms with E-state index >= 15 is 8.78 Å². The number of ether oxygens (including phenoxy) is 3. The molecule has 1 aromatic carbocycles. The van der Waals surface area contributed by atoms with Gasteiger partial charge in [0.25, 0.3) is 5.67 Å². The number of fused-ring (bicyclic) bond motifs is 9. The Bertz CT molecular complexity index is 1480. The van der Waals surface area contributed by atoms with Gasteiger partial charge in [-0.15, -0.1) is 0 Å². The van der Waals surface area contributed by atoms with Crippen molar-refractivity contribution in [1.82, 2.24) is 0 Å². The van der Waals surface area contributed by atoms with Crippen molar-refractivity contribution in [2.24, 2.45) is 33.2 Å². The number of esters is 1. The molecule has 1 amide bonds. The number of Topliss-reactive ketones (excluding diaryl/α,β-unsaturated/α-hetero) is 1. The van der Waals surface area contributed by atoms with Crippen molar-refractivity contribution in [2.75, 3.05) is 6.61 Å². The van der Waals surface area contributed by atoms with Crippen LogP contribution in [0.25, 0.3) is 0 Å². The van der Waals surface area contributed by atoms with E-state index in [1.54, 1.807) is 13.8 Å². The van der Waals surface area contributed by atoms with Crippen LogP contribution in [0.5, 0.6) is 0 Å². The molecular formula is C35H46F2N2O7. The zero-order chi connectivity index (χ0) is 34.1. The fourth-order valence-corrected chi connectivity index (χ4v) is 8.33. The molecule has 0 aromatic heterocycles. The average Bonchev–Trinajstić information content (AvgIpc) is 3.68. The second kappa shape index (κ2) is 11.4. The summed E-state index contributed by atoms with van der Waals surface area (Å²) >= 11 is 0. The topological polar surface area (TPSA) is 127 Å². The SMILES string of the molecule is CCC1(C)[C@@H](F)C(=O)[C@](C)(F)C(=O)OC[C@@](C)(O)[C@@H]2CCC3=NC(OCc4ccccc4)(C(=NC(C)=O)[C@H](C)C4(C3)O[C@@]14C)[C@@H]2C. The molecule has 252 valence electrons. The smallest absolute Gasteiger partial charge is 0.351 e. The molecule has 5 aliphatic rings. The highest BCUT2D eigenvalue weighted by molar-refractivity contribution is 6.09. The van der Waals surface area contributed by atoms with Crippen LogP contribution in [0.4, 0.5) is 8.78 Å². The Morgan fingerprint density at radius 2 is 1.80 bits per heavy atom. The number of nitrogens with zero attached hydrogens (tertiary/aromatic N) is 2. The fourth-order valence-electron chi connectivity index (χ4n) is 8.33. The summed E-state index contributed by atoms with van der Waals surface area (Å²) in [7, 11) is 0. The predicted octanol–water partition coefficient (Wildman–Crippen LogP) is 5.30. The minimum Gasteiger partial charge on any atom is -0.460 e. The number of carbonyl (C=O) groups is 3. The van der Waals surface area contributed by atoms with E-state index in [0.29, 0.717) is 25.5 Å². The second-order valence-electron chi connectivity index (χ2n) is 14.5. The first-order valence-corrected chi connectivity index (χ1v) is 16.1. The maximum atomic E-state index is 16.6. The van der Waals surface area contributed by atoms with Crippen LogP contribution in [0, 0.1) is 23.2 Å². The quantitative estimate of drug-likeness (QED) is 0.268. The monoisotopic (exact) mass is 644 g/mol. The number of hydrogen-bond donors (Lipinski definition) is 1. The number of benzene rings is 1. The molecule has 0 aliphatic carbocycles. The summed E-state index contributed by atoms with van der Waals surface area (Å²) in [5.41, 5.74) is -9.06. The molecule has 4 bridgehead atoms. The molecule has 46 heavy (non-hydrogen) atoms. The molecule has 10 atom stereocenters. The van der Waals surface area contributed by atoms with Crippen molar-refractivity contribution in [3.63, 3.8) is 0 Å². The van der Waals surface area contributed by atoms with Crippen molar-refractivity contribution < 1.29 is 42.5 Å². The van der Waals surface area contributed by atoms with E-state index in [-0.39, 0.29) is 25.2 Å². The number of alkyl halides is 2. The highest BCUT2D eigenvalue weighted by Gasteiger charge is 2.80. The number of aliphatic imine (C=N–C) groups is 2. The van der Waals surface area contributed by atoms with Crippen molar-refractivity contribution in [3.8, 4) is 0 Å². The van der Waals surface area contributed by atoms with Crippen molar-refractivity contribution in [2.45, 2.75) is 122 Å². The van der Waals surface area contributed by atoms with Gasteiger partial charge < -0.3 is 19.3 Å². The van der Waals surface area contributed by atoms with Gasteiger partial charge in [-0.05, 0) is 51.5 Å². The van der Waals surface area contributed by atoms with E-state index in [1.807, 2.05) is 44.2 Å². The minimum atomic E-state index is -3.32. The number of aliphatic hydroxyl groups is 1. The Labute approximate surface area is 269 Å². The lowest BCUT2D eigenvalue weighted by atomic mass is 9.60. The van der Waals surface area contributed by atoms with Crippen LogP contribution < -0.4 is 0 Å². The summed E-state index contributed by atoms with van der Waals surface area (Å²) in [5, 5.41) is 11.9. The Morgan fingerprint density at radius 3 is 2.41 bits per heavy atom. The van der Waals surface area contributed by atoms with Gasteiger partial charge in [0.1, 0.15) is 17.8 Å². The van der Waals surface area contributed by atoms with Crippen LogP contribution in [-0.4, -0.2) is 75.2 Å². The highest BCUT2D eigenvalue weighted by atomic mass is 19.2. The first kappa shape index (κ1) is 34.4. The molecule has 0 radical (unpaired) electrons. The molecule has 1 spiro atoms. The van der Waals surface area contributed by atoms with Gasteiger partial charge in [0.2, 0.25) is 17.4 Å². The third-order valence-electron chi connectivity index (χ3n) is 11.7. The summed E-state index contributed by atoms with van der Waals surface area (Å²) < 4.78 is 51.4. The van der Waals surface area contributed by atoms with Gasteiger partial charge in [0.05, 0.1) is 17.9 Å². The van der Waals surface area contributed by atoms with Crippen LogP contribution in [0.2, 0.25) is 0 Å². The fraction of sp³-hybridized carbons (Fsp3) is 0.686. The molecule has 6 rings (SSSR count). The van der Waals surface area contributed by atoms with Crippen LogP contribution in [0.3, 0.4) is 0 Å². The highest BCUT2D eigenvalue weighted by Crippen LogP contribution is 2.68. The largest absolute Gasteiger partial charge is 0.460 e. The summed E-state index contributed by atoms with van der Waals surface area (Å²) in [6.45, 7) is 11.5. The van der Waals surface area contributed by atoms with E-state index < -0.39 is 81.8 Å². The number of ketones is 1. The number of carbonyl (C=O) groups excluding carboxylic acids is 3. The van der Waals surface area contributed by atoms with E-state index in [4.69, 9.17) is 19.2 Å². The molecule has 3 unspecified atom stereocenters. The molecule has 3 fully saturated rings. The van der Waals surface area contributed by atoms with E-state index in [1.165, 1.54) is 20.8 Å². The van der Waals surface area contributed by atoms with E-state index in [0.717, 1.165) is 5.56 Å². The number of amides is 1. The standard InChI is InChI=1S/C35H46F2N2O7/c1-9-30(5)26(36)28(41)32(7,37)29(42)44-19-31(6,43)25-16-15-24-17-34(33(30,8)46-34)21(3)27(38-22(4)40)35(39-24,20(25)2)45-18-23-13-11-10-12-14-23/h10-14,20-21,25-26,43H,9,15-19H2,1-8H3/t20-,21+,25-,26+,30?,31-,32+,33+,34?,35?/m1/s1. The van der Waals surface area contributed by atoms with Crippen LogP contribution >= 0.6 is 0 Å². The summed E-state index contributed by atoms with van der Waals surface area (Å²) in [6, 6.07) is 9.43. The maximum Gasteiger partial charge on any atom is 0.351 e. The second-order valence-corrected chi connectivity index (χ2v) is 14.5. The van der Waals surface area contributed by atoms with E-state index in [9.17, 15) is 19.5 Å². The number of hydrogen-bond acceptors (Lipinski definition) is 8. The molecule has 3 saturated heterocycles. The lowest BCUT2D eigenvalue weighted by molar-refractivity contribution is -0.176. The van der Waals surface area contributed by atoms with E-state index in [2.05, 4.69) is 4.99 Å². The van der Waals surface area contributed by atoms with Gasteiger partial charge in [0.15, 0.2) is 6.17 Å². The predicted molar refractivity (Wildman–Crippen MR) is 167 cm³/mol. The van der Waals surface area contributed by atoms with Crippen molar-refractivity contribution >= 4 is 29.1 Å². The summed E-state index contributed by atoms with van der Waals surface area (Å²) in [5.74, 6) is -5.66. The molecular weight excluding hydrogens is 598 g/mol.